The molecule has 24 heavy (non-hydrogen) atoms. The quantitative estimate of drug-likeness (QED) is 0.555. The molecule has 0 amide bonds. The van der Waals surface area contributed by atoms with Crippen LogP contribution in [0.2, 0.25) is 0 Å². The van der Waals surface area contributed by atoms with Gasteiger partial charge in [-0.25, -0.2) is 0 Å². The summed E-state index contributed by atoms with van der Waals surface area (Å²) in [5.74, 6) is 0.981. The van der Waals surface area contributed by atoms with Gasteiger partial charge < -0.3 is 4.90 Å². The Bertz CT molecular complexity index is 491. The molecule has 3 rings (SSSR count). The van der Waals surface area contributed by atoms with Crippen molar-refractivity contribution in [1.82, 2.24) is 4.90 Å². The van der Waals surface area contributed by atoms with Crippen LogP contribution in [0.3, 0.4) is 0 Å². The Kier molecular flexibility index (Phi) is 6.38. The van der Waals surface area contributed by atoms with Crippen LogP contribution in [0.4, 0.5) is 0 Å². The molecule has 1 heteroatoms. The Morgan fingerprint density at radius 2 is 1.92 bits per heavy atom. The molecule has 1 saturated carbocycles. The smallest absolute Gasteiger partial charge is 0.00219 e. The maximum atomic E-state index is 2.77. The van der Waals surface area contributed by atoms with Crippen LogP contribution in [0.15, 0.2) is 24.3 Å². The molecule has 2 atom stereocenters. The fourth-order valence-electron chi connectivity index (χ4n) is 5.20. The van der Waals surface area contributed by atoms with E-state index in [0.29, 0.717) is 5.41 Å². The second-order valence-electron chi connectivity index (χ2n) is 8.55. The third kappa shape index (κ3) is 4.42. The molecule has 0 N–H and O–H groups in total. The number of hydrogen-bond donors (Lipinski definition) is 0. The van der Waals surface area contributed by atoms with Gasteiger partial charge in [-0.15, -0.1) is 0 Å². The molecule has 1 saturated heterocycles. The Morgan fingerprint density at radius 1 is 1.08 bits per heavy atom. The zero-order valence-electron chi connectivity index (χ0n) is 16.0. The molecule has 1 heterocycles. The lowest BCUT2D eigenvalue weighted by molar-refractivity contribution is -0.00919. The highest BCUT2D eigenvalue weighted by Crippen LogP contribution is 2.50. The van der Waals surface area contributed by atoms with E-state index < -0.39 is 0 Å². The molecule has 1 aliphatic carbocycles. The molecule has 0 spiro atoms. The van der Waals surface area contributed by atoms with Gasteiger partial charge in [-0.3, -0.25) is 0 Å². The number of rotatable bonds is 7. The number of hydrogen-bond acceptors (Lipinski definition) is 1. The first-order chi connectivity index (χ1) is 11.7. The van der Waals surface area contributed by atoms with Gasteiger partial charge in [0.2, 0.25) is 0 Å². The third-order valence-corrected chi connectivity index (χ3v) is 6.86. The molecule has 1 aromatic rings. The van der Waals surface area contributed by atoms with Crippen LogP contribution in [0.25, 0.3) is 0 Å². The molecule has 2 unspecified atom stereocenters. The van der Waals surface area contributed by atoms with Crippen molar-refractivity contribution in [2.24, 2.45) is 11.3 Å². The number of aryl methyl sites for hydroxylation is 1. The number of piperidine rings is 1. The summed E-state index contributed by atoms with van der Waals surface area (Å²) in [5.41, 5.74) is 3.59. The SMILES string of the molecule is CCCCCC12CCCCC1CN(CCc1ccc(C)cc1)CC2. The molecule has 1 aromatic carbocycles. The summed E-state index contributed by atoms with van der Waals surface area (Å²) in [5, 5.41) is 0. The third-order valence-electron chi connectivity index (χ3n) is 6.86. The van der Waals surface area contributed by atoms with E-state index in [1.165, 1.54) is 95.0 Å². The van der Waals surface area contributed by atoms with Crippen LogP contribution in [-0.2, 0) is 6.42 Å². The van der Waals surface area contributed by atoms with Crippen molar-refractivity contribution in [2.45, 2.75) is 78.1 Å². The number of nitrogens with zero attached hydrogens (tertiary/aromatic N) is 1. The van der Waals surface area contributed by atoms with Crippen LogP contribution in [0, 0.1) is 18.3 Å². The van der Waals surface area contributed by atoms with E-state index in [4.69, 9.17) is 0 Å². The molecule has 134 valence electrons. The summed E-state index contributed by atoms with van der Waals surface area (Å²) < 4.78 is 0. The summed E-state index contributed by atoms with van der Waals surface area (Å²) in [7, 11) is 0. The minimum atomic E-state index is 0.716. The van der Waals surface area contributed by atoms with Gasteiger partial charge in [-0.2, -0.15) is 0 Å². The first kappa shape index (κ1) is 18.0. The van der Waals surface area contributed by atoms with E-state index in [1.807, 2.05) is 0 Å². The molecular weight excluding hydrogens is 290 g/mol. The van der Waals surface area contributed by atoms with E-state index in [9.17, 15) is 0 Å². The summed E-state index contributed by atoms with van der Waals surface area (Å²) in [4.78, 5) is 2.77. The van der Waals surface area contributed by atoms with Crippen LogP contribution in [-0.4, -0.2) is 24.5 Å². The summed E-state index contributed by atoms with van der Waals surface area (Å²) >= 11 is 0. The highest BCUT2D eigenvalue weighted by Gasteiger charge is 2.43. The normalized spacial score (nSPS) is 27.8. The largest absolute Gasteiger partial charge is 0.303 e. The molecular formula is C23H37N. The van der Waals surface area contributed by atoms with E-state index >= 15 is 0 Å². The second kappa shape index (κ2) is 8.52. The second-order valence-corrected chi connectivity index (χ2v) is 8.55. The summed E-state index contributed by atoms with van der Waals surface area (Å²) in [6.45, 7) is 8.48. The maximum absolute atomic E-state index is 2.77. The molecule has 0 bridgehead atoms. The Labute approximate surface area is 149 Å². The topological polar surface area (TPSA) is 3.24 Å². The fraction of sp³-hybridized carbons (Fsp3) is 0.739. The monoisotopic (exact) mass is 327 g/mol. The Hall–Kier alpha value is -0.820. The molecule has 2 aliphatic rings. The minimum absolute atomic E-state index is 0.716. The highest BCUT2D eigenvalue weighted by atomic mass is 15.1. The van der Waals surface area contributed by atoms with Crippen molar-refractivity contribution >= 4 is 0 Å². The molecule has 0 radical (unpaired) electrons. The standard InChI is InChI=1S/C23H37N/c1-3-4-6-14-23-15-7-5-8-22(23)19-24(18-16-23)17-13-21-11-9-20(2)10-12-21/h9-12,22H,3-8,13-19H2,1-2H3. The van der Waals surface area contributed by atoms with Crippen molar-refractivity contribution < 1.29 is 0 Å². The molecule has 1 aliphatic heterocycles. The predicted octanol–water partition coefficient (Wildman–Crippen LogP) is 6.00. The zero-order chi connectivity index (χ0) is 16.8. The molecule has 0 aromatic heterocycles. The average Bonchev–Trinajstić information content (AvgIpc) is 2.61. The van der Waals surface area contributed by atoms with Gasteiger partial charge in [-0.05, 0) is 62.5 Å². The summed E-state index contributed by atoms with van der Waals surface area (Å²) in [6.07, 6.45) is 14.5. The highest BCUT2D eigenvalue weighted by molar-refractivity contribution is 5.21. The van der Waals surface area contributed by atoms with Gasteiger partial charge in [0.1, 0.15) is 0 Å². The number of unbranched alkanes of at least 4 members (excludes halogenated alkanes) is 2. The predicted molar refractivity (Wildman–Crippen MR) is 104 cm³/mol. The van der Waals surface area contributed by atoms with E-state index in [0.717, 1.165) is 5.92 Å². The first-order valence-electron chi connectivity index (χ1n) is 10.5. The van der Waals surface area contributed by atoms with Crippen LogP contribution < -0.4 is 0 Å². The van der Waals surface area contributed by atoms with Crippen LogP contribution >= 0.6 is 0 Å². The van der Waals surface area contributed by atoms with E-state index in [2.05, 4.69) is 43.0 Å². The lowest BCUT2D eigenvalue weighted by Crippen LogP contribution is -2.49. The number of likely N-dealkylation sites (tertiary alicyclic amines) is 1. The average molecular weight is 328 g/mol. The van der Waals surface area contributed by atoms with Gasteiger partial charge in [0.25, 0.3) is 0 Å². The summed E-state index contributed by atoms with van der Waals surface area (Å²) in [6, 6.07) is 9.14. The van der Waals surface area contributed by atoms with Crippen molar-refractivity contribution in [1.29, 1.82) is 0 Å². The van der Waals surface area contributed by atoms with Gasteiger partial charge in [-0.1, -0.05) is 68.9 Å². The Balaban J connectivity index is 1.53. The van der Waals surface area contributed by atoms with Gasteiger partial charge in [0, 0.05) is 13.1 Å². The number of fused-ring (bicyclic) bond motifs is 1. The van der Waals surface area contributed by atoms with Crippen molar-refractivity contribution in [3.8, 4) is 0 Å². The van der Waals surface area contributed by atoms with Crippen LogP contribution in [0.1, 0.15) is 75.8 Å². The maximum Gasteiger partial charge on any atom is 0.00219 e. The van der Waals surface area contributed by atoms with Gasteiger partial charge >= 0.3 is 0 Å². The lowest BCUT2D eigenvalue weighted by atomic mass is 9.60. The Morgan fingerprint density at radius 3 is 2.71 bits per heavy atom. The fourth-order valence-corrected chi connectivity index (χ4v) is 5.20. The van der Waals surface area contributed by atoms with Crippen molar-refractivity contribution in [3.05, 3.63) is 35.4 Å². The molecule has 2 fully saturated rings. The minimum Gasteiger partial charge on any atom is -0.303 e. The van der Waals surface area contributed by atoms with E-state index in [-0.39, 0.29) is 0 Å². The van der Waals surface area contributed by atoms with Crippen molar-refractivity contribution in [2.75, 3.05) is 19.6 Å². The zero-order valence-corrected chi connectivity index (χ0v) is 16.0. The van der Waals surface area contributed by atoms with Gasteiger partial charge in [0.15, 0.2) is 0 Å². The van der Waals surface area contributed by atoms with E-state index in [1.54, 1.807) is 0 Å². The number of benzene rings is 1. The van der Waals surface area contributed by atoms with Crippen molar-refractivity contribution in [3.63, 3.8) is 0 Å². The molecule has 1 nitrogen and oxygen atoms in total. The first-order valence-corrected chi connectivity index (χ1v) is 10.5. The van der Waals surface area contributed by atoms with Gasteiger partial charge in [0.05, 0.1) is 0 Å². The van der Waals surface area contributed by atoms with Crippen LogP contribution in [0.5, 0.6) is 0 Å². The lowest BCUT2D eigenvalue weighted by Gasteiger charge is -2.51.